The van der Waals surface area contributed by atoms with E-state index in [0.29, 0.717) is 17.7 Å². The summed E-state index contributed by atoms with van der Waals surface area (Å²) in [5.74, 6) is -0.162. The number of hydrogen-bond donors (Lipinski definition) is 3. The molecule has 10 heteroatoms. The van der Waals surface area contributed by atoms with Gasteiger partial charge in [-0.1, -0.05) is 74.4 Å². The molecule has 0 saturated carbocycles. The molecule has 3 aliphatic rings. The van der Waals surface area contributed by atoms with Crippen molar-refractivity contribution in [2.24, 2.45) is 0 Å². The highest BCUT2D eigenvalue weighted by atomic mass is 16.5. The number of ether oxygens (including phenoxy) is 1. The van der Waals surface area contributed by atoms with Gasteiger partial charge < -0.3 is 19.8 Å². The molecule has 4 aromatic rings. The Kier molecular flexibility index (Phi) is 11.9. The first-order valence-electron chi connectivity index (χ1n) is 19.6. The predicted molar refractivity (Wildman–Crippen MR) is 214 cm³/mol. The minimum Gasteiger partial charge on any atom is -0.508 e. The van der Waals surface area contributed by atoms with Crippen LogP contribution < -0.4 is 15.0 Å². The van der Waals surface area contributed by atoms with Gasteiger partial charge in [-0.15, -0.1) is 0 Å². The highest BCUT2D eigenvalue weighted by Gasteiger charge is 2.44. The van der Waals surface area contributed by atoms with Gasteiger partial charge >= 0.3 is 0 Å². The van der Waals surface area contributed by atoms with Crippen LogP contribution in [0, 0.1) is 0 Å². The van der Waals surface area contributed by atoms with E-state index < -0.39 is 18.2 Å². The summed E-state index contributed by atoms with van der Waals surface area (Å²) in [5, 5.41) is 23.3. The Morgan fingerprint density at radius 2 is 1.49 bits per heavy atom. The summed E-state index contributed by atoms with van der Waals surface area (Å²) in [6.45, 7) is 7.49. The molecule has 2 saturated heterocycles. The van der Waals surface area contributed by atoms with E-state index in [0.717, 1.165) is 93.0 Å². The molecule has 2 fully saturated rings. The smallest absolute Gasteiger partial charge is 0.257 e. The largest absolute Gasteiger partial charge is 0.508 e. The SMILES string of the molecule is CC/C(=C(\c1ccc(O)cc1)c1ccc(OCCCCCCN2CCN(c3ccc4c(c3)C(O)N(C3CCC(=O)NC3=O)C4=O)CC2)cc1)c1ccccc1. The van der Waals surface area contributed by atoms with Gasteiger partial charge in [-0.25, -0.2) is 0 Å². The van der Waals surface area contributed by atoms with Crippen molar-refractivity contribution >= 4 is 34.6 Å². The van der Waals surface area contributed by atoms with Crippen molar-refractivity contribution < 1.29 is 29.3 Å². The fourth-order valence-electron chi connectivity index (χ4n) is 8.05. The first kappa shape index (κ1) is 37.8. The Bertz CT molecular complexity index is 2010. The number of unbranched alkanes of at least 4 members (excludes halogenated alkanes) is 3. The van der Waals surface area contributed by atoms with Crippen LogP contribution in [0.25, 0.3) is 11.1 Å². The standard InChI is InChI=1S/C45H50N4O6/c1-2-37(31-10-6-5-7-11-31)42(32-12-17-35(50)18-13-32)33-14-19-36(20-15-33)55-29-9-4-3-8-24-47-25-27-48(28-26-47)34-16-21-38-39(30-34)45(54)49(44(38)53)40-22-23-41(51)46-43(40)52/h5-7,10-21,30,40,45,50,54H,2-4,8-9,22-29H2,1H3,(H,46,51,52)/b42-37-. The number of aliphatic hydroxyl groups is 1. The van der Waals surface area contributed by atoms with Crippen LogP contribution in [-0.4, -0.2) is 83.1 Å². The molecule has 0 bridgehead atoms. The van der Waals surface area contributed by atoms with Crippen LogP contribution in [0.2, 0.25) is 0 Å². The van der Waals surface area contributed by atoms with E-state index in [1.165, 1.54) is 16.0 Å². The lowest BCUT2D eigenvalue weighted by Crippen LogP contribution is -2.53. The van der Waals surface area contributed by atoms with Crippen molar-refractivity contribution in [1.82, 2.24) is 15.1 Å². The van der Waals surface area contributed by atoms with Gasteiger partial charge in [0.25, 0.3) is 5.91 Å². The van der Waals surface area contributed by atoms with Crippen molar-refractivity contribution in [3.63, 3.8) is 0 Å². The van der Waals surface area contributed by atoms with Gasteiger partial charge in [-0.05, 0) is 103 Å². The number of benzene rings is 4. The highest BCUT2D eigenvalue weighted by Crippen LogP contribution is 2.38. The van der Waals surface area contributed by atoms with Crippen molar-refractivity contribution in [2.45, 2.75) is 64.1 Å². The summed E-state index contributed by atoms with van der Waals surface area (Å²) in [4.78, 5) is 43.2. The van der Waals surface area contributed by atoms with Crippen LogP contribution >= 0.6 is 0 Å². The zero-order valence-corrected chi connectivity index (χ0v) is 31.5. The van der Waals surface area contributed by atoms with Crippen LogP contribution in [-0.2, 0) is 9.59 Å². The summed E-state index contributed by atoms with van der Waals surface area (Å²) in [7, 11) is 0. The third kappa shape index (κ3) is 8.61. The maximum atomic E-state index is 13.1. The number of nitrogens with one attached hydrogen (secondary N) is 1. The molecule has 0 aliphatic carbocycles. The van der Waals surface area contributed by atoms with Gasteiger partial charge in [0.05, 0.1) is 6.61 Å². The third-order valence-electron chi connectivity index (χ3n) is 11.0. The topological polar surface area (TPSA) is 123 Å². The zero-order valence-electron chi connectivity index (χ0n) is 31.5. The number of carbonyl (C=O) groups is 3. The number of nitrogens with zero attached hydrogens (tertiary/aromatic N) is 3. The maximum Gasteiger partial charge on any atom is 0.257 e. The average Bonchev–Trinajstić information content (AvgIpc) is 3.45. The highest BCUT2D eigenvalue weighted by molar-refractivity contribution is 6.06. The number of anilines is 1. The summed E-state index contributed by atoms with van der Waals surface area (Å²) in [6.07, 6.45) is 4.38. The molecule has 286 valence electrons. The number of phenols is 1. The Hall–Kier alpha value is -5.45. The monoisotopic (exact) mass is 742 g/mol. The number of hydrogen-bond acceptors (Lipinski definition) is 8. The number of aliphatic hydroxyl groups excluding tert-OH is 1. The summed E-state index contributed by atoms with van der Waals surface area (Å²) >= 11 is 0. The van der Waals surface area contributed by atoms with Crippen LogP contribution in [0.3, 0.4) is 0 Å². The van der Waals surface area contributed by atoms with Gasteiger partial charge in [-0.3, -0.25) is 29.5 Å². The molecule has 3 aliphatic heterocycles. The molecule has 3 heterocycles. The zero-order chi connectivity index (χ0) is 38.3. The maximum absolute atomic E-state index is 13.1. The molecule has 4 aromatic carbocycles. The number of amides is 3. The summed E-state index contributed by atoms with van der Waals surface area (Å²) in [6, 6.07) is 30.9. The quantitative estimate of drug-likeness (QED) is 0.0735. The second-order valence-corrected chi connectivity index (χ2v) is 14.6. The normalized spacial score (nSPS) is 19.3. The minimum atomic E-state index is -1.22. The van der Waals surface area contributed by atoms with E-state index in [-0.39, 0.29) is 30.4 Å². The molecule has 0 aromatic heterocycles. The second kappa shape index (κ2) is 17.3. The van der Waals surface area contributed by atoms with Gasteiger partial charge in [0, 0.05) is 49.4 Å². The van der Waals surface area contributed by atoms with E-state index in [4.69, 9.17) is 4.74 Å². The molecule has 55 heavy (non-hydrogen) atoms. The minimum absolute atomic E-state index is 0.141. The molecule has 0 spiro atoms. The number of phenolic OH excluding ortho intramolecular Hbond substituents is 1. The average molecular weight is 743 g/mol. The van der Waals surface area contributed by atoms with Crippen LogP contribution in [0.15, 0.2) is 97.1 Å². The molecule has 7 rings (SSSR count). The fourth-order valence-corrected chi connectivity index (χ4v) is 8.05. The first-order chi connectivity index (χ1) is 26.8. The Morgan fingerprint density at radius 3 is 2.18 bits per heavy atom. The van der Waals surface area contributed by atoms with E-state index in [1.54, 1.807) is 18.2 Å². The second-order valence-electron chi connectivity index (χ2n) is 14.6. The van der Waals surface area contributed by atoms with E-state index in [2.05, 4.69) is 58.4 Å². The number of rotatable bonds is 14. The Morgan fingerprint density at radius 1 is 0.800 bits per heavy atom. The van der Waals surface area contributed by atoms with E-state index in [9.17, 15) is 24.6 Å². The number of carbonyl (C=O) groups excluding carboxylic acids is 3. The number of aromatic hydroxyl groups is 1. The number of fused-ring (bicyclic) bond motifs is 1. The lowest BCUT2D eigenvalue weighted by Gasteiger charge is -2.36. The van der Waals surface area contributed by atoms with Crippen LogP contribution in [0.5, 0.6) is 11.5 Å². The van der Waals surface area contributed by atoms with Gasteiger partial charge in [0.1, 0.15) is 17.5 Å². The van der Waals surface area contributed by atoms with Gasteiger partial charge in [0.15, 0.2) is 6.23 Å². The van der Waals surface area contributed by atoms with Gasteiger partial charge in [-0.2, -0.15) is 0 Å². The number of piperidine rings is 1. The summed E-state index contributed by atoms with van der Waals surface area (Å²) < 4.78 is 6.14. The lowest BCUT2D eigenvalue weighted by atomic mass is 9.88. The van der Waals surface area contributed by atoms with Crippen molar-refractivity contribution in [1.29, 1.82) is 0 Å². The van der Waals surface area contributed by atoms with Crippen molar-refractivity contribution in [3.8, 4) is 11.5 Å². The summed E-state index contributed by atoms with van der Waals surface area (Å²) in [5.41, 5.74) is 7.64. The van der Waals surface area contributed by atoms with E-state index in [1.807, 2.05) is 42.5 Å². The first-order valence-corrected chi connectivity index (χ1v) is 19.6. The number of piperazine rings is 1. The third-order valence-corrected chi connectivity index (χ3v) is 11.0. The molecule has 0 radical (unpaired) electrons. The Balaban J connectivity index is 0.838. The fraction of sp³-hybridized carbons (Fsp3) is 0.356. The van der Waals surface area contributed by atoms with Gasteiger partial charge in [0.2, 0.25) is 11.8 Å². The molecular weight excluding hydrogens is 693 g/mol. The van der Waals surface area contributed by atoms with Crippen molar-refractivity contribution in [2.75, 3.05) is 44.2 Å². The number of imide groups is 1. The lowest BCUT2D eigenvalue weighted by molar-refractivity contribution is -0.139. The van der Waals surface area contributed by atoms with Crippen LogP contribution in [0.1, 0.15) is 90.7 Å². The molecular formula is C45H50N4O6. The Labute approximate surface area is 323 Å². The molecule has 3 amide bonds. The number of allylic oxidation sites excluding steroid dienone is 1. The predicted octanol–water partition coefficient (Wildman–Crippen LogP) is 6.77. The van der Waals surface area contributed by atoms with E-state index >= 15 is 0 Å². The molecule has 2 atom stereocenters. The van der Waals surface area contributed by atoms with Crippen molar-refractivity contribution in [3.05, 3.63) is 125 Å². The molecule has 3 N–H and O–H groups in total. The molecule has 2 unspecified atom stereocenters. The van der Waals surface area contributed by atoms with Crippen LogP contribution in [0.4, 0.5) is 5.69 Å². The molecule has 10 nitrogen and oxygen atoms in total.